The van der Waals surface area contributed by atoms with Gasteiger partial charge in [0.05, 0.1) is 5.92 Å². The van der Waals surface area contributed by atoms with Crippen molar-refractivity contribution in [1.29, 1.82) is 0 Å². The number of anilines is 1. The number of benzene rings is 1. The SMILES string of the molecule is CCN(CC)c1ccc(C(=O)NNC(=O)COC(=O)[C@H]2C[C@H]2C)cc1. The molecule has 1 fully saturated rings. The van der Waals surface area contributed by atoms with E-state index < -0.39 is 18.4 Å². The fraction of sp³-hybridized carbons (Fsp3) is 0.500. The molecule has 2 atom stereocenters. The van der Waals surface area contributed by atoms with Crippen molar-refractivity contribution in [3.63, 3.8) is 0 Å². The van der Waals surface area contributed by atoms with E-state index in [9.17, 15) is 14.4 Å². The highest BCUT2D eigenvalue weighted by atomic mass is 16.5. The minimum Gasteiger partial charge on any atom is -0.455 e. The van der Waals surface area contributed by atoms with Crippen molar-refractivity contribution in [3.05, 3.63) is 29.8 Å². The molecule has 0 spiro atoms. The van der Waals surface area contributed by atoms with Gasteiger partial charge in [0.1, 0.15) is 0 Å². The predicted octanol–water partition coefficient (Wildman–Crippen LogP) is 1.49. The second-order valence-corrected chi connectivity index (χ2v) is 6.15. The molecule has 0 aromatic heterocycles. The number of nitrogens with one attached hydrogen (secondary N) is 2. The quantitative estimate of drug-likeness (QED) is 0.576. The van der Waals surface area contributed by atoms with Crippen molar-refractivity contribution in [1.82, 2.24) is 10.9 Å². The first kappa shape index (κ1) is 18.8. The fourth-order valence-electron chi connectivity index (χ4n) is 2.54. The zero-order valence-electron chi connectivity index (χ0n) is 14.9. The van der Waals surface area contributed by atoms with Crippen LogP contribution in [0.3, 0.4) is 0 Å². The van der Waals surface area contributed by atoms with Crippen LogP contribution in [0.1, 0.15) is 37.6 Å². The van der Waals surface area contributed by atoms with E-state index in [0.29, 0.717) is 11.5 Å². The summed E-state index contributed by atoms with van der Waals surface area (Å²) in [5, 5.41) is 0. The Labute approximate surface area is 147 Å². The highest BCUT2D eigenvalue weighted by Crippen LogP contribution is 2.38. The molecule has 7 heteroatoms. The average Bonchev–Trinajstić information content (AvgIpc) is 3.36. The molecule has 0 aliphatic heterocycles. The molecule has 1 saturated carbocycles. The number of carbonyl (C=O) groups is 3. The van der Waals surface area contributed by atoms with Crippen molar-refractivity contribution in [3.8, 4) is 0 Å². The molecule has 1 aromatic carbocycles. The van der Waals surface area contributed by atoms with Crippen LogP contribution in [0.15, 0.2) is 24.3 Å². The first-order valence-corrected chi connectivity index (χ1v) is 8.57. The van der Waals surface area contributed by atoms with Gasteiger partial charge in [-0.05, 0) is 50.5 Å². The lowest BCUT2D eigenvalue weighted by Gasteiger charge is -2.21. The summed E-state index contributed by atoms with van der Waals surface area (Å²) in [6, 6.07) is 7.12. The van der Waals surface area contributed by atoms with Gasteiger partial charge in [-0.2, -0.15) is 0 Å². The van der Waals surface area contributed by atoms with Gasteiger partial charge in [-0.15, -0.1) is 0 Å². The lowest BCUT2D eigenvalue weighted by atomic mass is 10.2. The van der Waals surface area contributed by atoms with Gasteiger partial charge in [-0.25, -0.2) is 0 Å². The zero-order chi connectivity index (χ0) is 18.4. The Bertz CT molecular complexity index is 626. The van der Waals surface area contributed by atoms with E-state index in [1.54, 1.807) is 12.1 Å². The third kappa shape index (κ3) is 5.20. The fourth-order valence-corrected chi connectivity index (χ4v) is 2.54. The molecule has 2 amide bonds. The predicted molar refractivity (Wildman–Crippen MR) is 93.8 cm³/mol. The normalized spacial score (nSPS) is 18.2. The molecule has 0 unspecified atom stereocenters. The molecule has 0 saturated heterocycles. The maximum absolute atomic E-state index is 12.0. The van der Waals surface area contributed by atoms with Crippen molar-refractivity contribution in [2.45, 2.75) is 27.2 Å². The van der Waals surface area contributed by atoms with Gasteiger partial charge in [0.2, 0.25) is 0 Å². The van der Waals surface area contributed by atoms with Crippen LogP contribution in [-0.4, -0.2) is 37.5 Å². The standard InChI is InChI=1S/C18H25N3O4/c1-4-21(5-2)14-8-6-13(7-9-14)17(23)20-19-16(22)11-25-18(24)15-10-12(15)3/h6-9,12,15H,4-5,10-11H2,1-3H3,(H,19,22)(H,20,23)/t12-,15+/m1/s1. The van der Waals surface area contributed by atoms with Gasteiger partial charge in [-0.3, -0.25) is 25.2 Å². The Balaban J connectivity index is 1.75. The van der Waals surface area contributed by atoms with E-state index >= 15 is 0 Å². The Morgan fingerprint density at radius 2 is 1.72 bits per heavy atom. The van der Waals surface area contributed by atoms with E-state index in [2.05, 4.69) is 29.6 Å². The number of carbonyl (C=O) groups excluding carboxylic acids is 3. The summed E-state index contributed by atoms with van der Waals surface area (Å²) < 4.78 is 4.90. The molecule has 2 N–H and O–H groups in total. The van der Waals surface area contributed by atoms with E-state index in [4.69, 9.17) is 4.74 Å². The van der Waals surface area contributed by atoms with Crippen molar-refractivity contribution in [2.75, 3.05) is 24.6 Å². The summed E-state index contributed by atoms with van der Waals surface area (Å²) in [6.45, 7) is 7.46. The van der Waals surface area contributed by atoms with Crippen LogP contribution < -0.4 is 15.8 Å². The number of nitrogens with zero attached hydrogens (tertiary/aromatic N) is 1. The molecule has 1 aromatic rings. The second-order valence-electron chi connectivity index (χ2n) is 6.15. The van der Waals surface area contributed by atoms with Crippen molar-refractivity contribution < 1.29 is 19.1 Å². The zero-order valence-corrected chi connectivity index (χ0v) is 14.9. The summed E-state index contributed by atoms with van der Waals surface area (Å²) >= 11 is 0. The van der Waals surface area contributed by atoms with Crippen LogP contribution in [0.25, 0.3) is 0 Å². The van der Waals surface area contributed by atoms with Crippen LogP contribution >= 0.6 is 0 Å². The summed E-state index contributed by atoms with van der Waals surface area (Å²) in [7, 11) is 0. The molecular weight excluding hydrogens is 322 g/mol. The largest absolute Gasteiger partial charge is 0.455 e. The van der Waals surface area contributed by atoms with E-state index in [0.717, 1.165) is 25.2 Å². The van der Waals surface area contributed by atoms with Crippen LogP contribution in [0.5, 0.6) is 0 Å². The number of hydrazine groups is 1. The van der Waals surface area contributed by atoms with Gasteiger partial charge < -0.3 is 9.64 Å². The molecule has 0 bridgehead atoms. The molecule has 136 valence electrons. The highest BCUT2D eigenvalue weighted by Gasteiger charge is 2.40. The summed E-state index contributed by atoms with van der Waals surface area (Å²) in [5.41, 5.74) is 6.01. The first-order valence-electron chi connectivity index (χ1n) is 8.57. The Morgan fingerprint density at radius 1 is 1.12 bits per heavy atom. The number of amides is 2. The van der Waals surface area contributed by atoms with Crippen molar-refractivity contribution in [2.24, 2.45) is 11.8 Å². The van der Waals surface area contributed by atoms with Gasteiger partial charge in [0.25, 0.3) is 11.8 Å². The summed E-state index contributed by atoms with van der Waals surface area (Å²) in [6.07, 6.45) is 0.806. The number of hydrogen-bond acceptors (Lipinski definition) is 5. The topological polar surface area (TPSA) is 87.7 Å². The first-order chi connectivity index (χ1) is 12.0. The van der Waals surface area contributed by atoms with E-state index in [-0.39, 0.29) is 11.9 Å². The smallest absolute Gasteiger partial charge is 0.309 e. The van der Waals surface area contributed by atoms with E-state index in [1.165, 1.54) is 0 Å². The van der Waals surface area contributed by atoms with Gasteiger partial charge >= 0.3 is 5.97 Å². The van der Waals surface area contributed by atoms with Crippen LogP contribution in [0, 0.1) is 11.8 Å². The minimum absolute atomic E-state index is 0.0910. The second kappa shape index (κ2) is 8.50. The maximum atomic E-state index is 12.0. The Hall–Kier alpha value is -2.57. The number of hydrogen-bond donors (Lipinski definition) is 2. The molecule has 1 aliphatic carbocycles. The molecule has 2 rings (SSSR count). The lowest BCUT2D eigenvalue weighted by Crippen LogP contribution is -2.43. The van der Waals surface area contributed by atoms with Crippen LogP contribution in [0.2, 0.25) is 0 Å². The van der Waals surface area contributed by atoms with Gasteiger partial charge in [-0.1, -0.05) is 6.92 Å². The van der Waals surface area contributed by atoms with Crippen molar-refractivity contribution >= 4 is 23.5 Å². The summed E-state index contributed by atoms with van der Waals surface area (Å²) in [4.78, 5) is 37.3. The Morgan fingerprint density at radius 3 is 2.24 bits per heavy atom. The number of rotatable bonds is 7. The number of esters is 1. The lowest BCUT2D eigenvalue weighted by molar-refractivity contribution is -0.150. The maximum Gasteiger partial charge on any atom is 0.309 e. The van der Waals surface area contributed by atoms with Gasteiger partial charge in [0, 0.05) is 24.3 Å². The highest BCUT2D eigenvalue weighted by molar-refractivity contribution is 5.95. The van der Waals surface area contributed by atoms with Crippen LogP contribution in [-0.2, 0) is 14.3 Å². The molecule has 1 aliphatic rings. The van der Waals surface area contributed by atoms with Crippen LogP contribution in [0.4, 0.5) is 5.69 Å². The molecule has 25 heavy (non-hydrogen) atoms. The minimum atomic E-state index is -0.574. The molecule has 7 nitrogen and oxygen atoms in total. The molecule has 0 heterocycles. The third-order valence-corrected chi connectivity index (χ3v) is 4.33. The molecule has 0 radical (unpaired) electrons. The number of ether oxygens (including phenoxy) is 1. The van der Waals surface area contributed by atoms with Gasteiger partial charge in [0.15, 0.2) is 6.61 Å². The van der Waals surface area contributed by atoms with E-state index in [1.807, 2.05) is 19.1 Å². The Kier molecular flexibility index (Phi) is 6.38. The average molecular weight is 347 g/mol. The molecular formula is C18H25N3O4. The third-order valence-electron chi connectivity index (χ3n) is 4.33. The summed E-state index contributed by atoms with van der Waals surface area (Å²) in [5.74, 6) is -1.13. The monoisotopic (exact) mass is 347 g/mol.